The van der Waals surface area contributed by atoms with Gasteiger partial charge in [0.05, 0.1) is 18.9 Å². The summed E-state index contributed by atoms with van der Waals surface area (Å²) in [5.74, 6) is 1.42. The second-order valence-corrected chi connectivity index (χ2v) is 3.73. The number of nitrogens with two attached hydrogens (primary N) is 1. The molecule has 1 aromatic heterocycles. The third-order valence-corrected chi connectivity index (χ3v) is 2.41. The van der Waals surface area contributed by atoms with E-state index >= 15 is 0 Å². The first-order valence-corrected chi connectivity index (χ1v) is 4.98. The first kappa shape index (κ1) is 10.5. The summed E-state index contributed by atoms with van der Waals surface area (Å²) in [6.07, 6.45) is 1.60. The summed E-state index contributed by atoms with van der Waals surface area (Å²) in [6, 6.07) is 4.21. The van der Waals surface area contributed by atoms with Gasteiger partial charge in [-0.25, -0.2) is 4.98 Å². The van der Waals surface area contributed by atoms with E-state index in [1.54, 1.807) is 13.3 Å². The molecule has 0 amide bonds. The van der Waals surface area contributed by atoms with E-state index in [4.69, 9.17) is 14.9 Å². The second kappa shape index (κ2) is 3.89. The van der Waals surface area contributed by atoms with E-state index in [-0.39, 0.29) is 6.01 Å². The number of rotatable bonds is 2. The Bertz CT molecular complexity index is 518. The number of hydrogen-bond donors (Lipinski definition) is 1. The number of benzene rings is 1. The Labute approximate surface area is 94.1 Å². The average molecular weight is 218 g/mol. The molecule has 84 valence electrons. The fraction of sp³-hybridized carbons (Fsp3) is 0.250. The largest absolute Gasteiger partial charge is 0.496 e. The molecule has 2 rings (SSSR count). The van der Waals surface area contributed by atoms with Crippen LogP contribution in [0.3, 0.4) is 0 Å². The molecule has 1 aromatic carbocycles. The normalized spacial score (nSPS) is 10.4. The van der Waals surface area contributed by atoms with Crippen molar-refractivity contribution in [2.75, 3.05) is 12.8 Å². The molecule has 0 saturated heterocycles. The van der Waals surface area contributed by atoms with Gasteiger partial charge in [0.1, 0.15) is 5.75 Å². The van der Waals surface area contributed by atoms with Crippen molar-refractivity contribution < 1.29 is 9.15 Å². The van der Waals surface area contributed by atoms with E-state index in [0.717, 1.165) is 22.4 Å². The maximum atomic E-state index is 5.46. The Balaban J connectivity index is 2.63. The number of oxazole rings is 1. The number of aryl methyl sites for hydroxylation is 2. The summed E-state index contributed by atoms with van der Waals surface area (Å²) in [4.78, 5) is 3.88. The van der Waals surface area contributed by atoms with E-state index < -0.39 is 0 Å². The van der Waals surface area contributed by atoms with E-state index in [2.05, 4.69) is 11.1 Å². The van der Waals surface area contributed by atoms with Crippen molar-refractivity contribution in [2.24, 2.45) is 0 Å². The Morgan fingerprint density at radius 1 is 1.31 bits per heavy atom. The topological polar surface area (TPSA) is 61.3 Å². The van der Waals surface area contributed by atoms with Gasteiger partial charge in [0.15, 0.2) is 5.76 Å². The number of aromatic nitrogens is 1. The zero-order valence-corrected chi connectivity index (χ0v) is 9.57. The van der Waals surface area contributed by atoms with Crippen LogP contribution < -0.4 is 10.5 Å². The molecule has 0 aliphatic heterocycles. The van der Waals surface area contributed by atoms with Crippen molar-refractivity contribution in [3.8, 4) is 17.1 Å². The molecular formula is C12H14N2O2. The van der Waals surface area contributed by atoms with Crippen LogP contribution in [0.15, 0.2) is 22.7 Å². The molecule has 0 spiro atoms. The van der Waals surface area contributed by atoms with E-state index in [1.165, 1.54) is 0 Å². The third-order valence-electron chi connectivity index (χ3n) is 2.41. The SMILES string of the molecule is COc1c(C)cc(C)cc1-c1cnc(N)o1. The van der Waals surface area contributed by atoms with Crippen LogP contribution >= 0.6 is 0 Å². The van der Waals surface area contributed by atoms with Gasteiger partial charge < -0.3 is 14.9 Å². The Kier molecular flexibility index (Phi) is 2.56. The quantitative estimate of drug-likeness (QED) is 0.841. The van der Waals surface area contributed by atoms with Gasteiger partial charge in [0.2, 0.25) is 0 Å². The van der Waals surface area contributed by atoms with Crippen LogP contribution in [0.4, 0.5) is 6.01 Å². The molecular weight excluding hydrogens is 204 g/mol. The van der Waals surface area contributed by atoms with Crippen LogP contribution in [-0.2, 0) is 0 Å². The highest BCUT2D eigenvalue weighted by Crippen LogP contribution is 2.34. The minimum Gasteiger partial charge on any atom is -0.496 e. The number of hydrogen-bond acceptors (Lipinski definition) is 4. The lowest BCUT2D eigenvalue weighted by Crippen LogP contribution is -1.92. The average Bonchev–Trinajstić information content (AvgIpc) is 2.63. The molecule has 0 saturated carbocycles. The molecule has 0 radical (unpaired) electrons. The number of ether oxygens (including phenoxy) is 1. The summed E-state index contributed by atoms with van der Waals surface area (Å²) < 4.78 is 10.7. The van der Waals surface area contributed by atoms with Gasteiger partial charge in [0.25, 0.3) is 6.01 Å². The van der Waals surface area contributed by atoms with Gasteiger partial charge >= 0.3 is 0 Å². The van der Waals surface area contributed by atoms with E-state index in [9.17, 15) is 0 Å². The van der Waals surface area contributed by atoms with Gasteiger partial charge in [-0.3, -0.25) is 0 Å². The Hall–Kier alpha value is -1.97. The number of anilines is 1. The predicted octanol–water partition coefficient (Wildman–Crippen LogP) is 2.55. The van der Waals surface area contributed by atoms with Crippen LogP contribution in [0.25, 0.3) is 11.3 Å². The second-order valence-electron chi connectivity index (χ2n) is 3.73. The van der Waals surface area contributed by atoms with Gasteiger partial charge in [-0.05, 0) is 31.0 Å². The summed E-state index contributed by atoms with van der Waals surface area (Å²) in [5.41, 5.74) is 8.55. The van der Waals surface area contributed by atoms with E-state index in [1.807, 2.05) is 19.9 Å². The fourth-order valence-electron chi connectivity index (χ4n) is 1.82. The lowest BCUT2D eigenvalue weighted by Gasteiger charge is -2.10. The standard InChI is InChI=1S/C12H14N2O2/c1-7-4-8(2)11(15-3)9(5-7)10-6-14-12(13)16-10/h4-6H,1-3H3,(H2,13,14). The molecule has 4 heteroatoms. The van der Waals surface area contributed by atoms with Gasteiger partial charge in [-0.2, -0.15) is 0 Å². The van der Waals surface area contributed by atoms with Gasteiger partial charge in [-0.1, -0.05) is 6.07 Å². The predicted molar refractivity (Wildman–Crippen MR) is 62.4 cm³/mol. The third kappa shape index (κ3) is 1.74. The van der Waals surface area contributed by atoms with Crippen LogP contribution in [0, 0.1) is 13.8 Å². The van der Waals surface area contributed by atoms with Crippen molar-refractivity contribution in [3.05, 3.63) is 29.5 Å². The van der Waals surface area contributed by atoms with Crippen molar-refractivity contribution in [1.82, 2.24) is 4.98 Å². The number of nitrogen functional groups attached to an aromatic ring is 1. The lowest BCUT2D eigenvalue weighted by molar-refractivity contribution is 0.411. The van der Waals surface area contributed by atoms with Crippen LogP contribution in [0.2, 0.25) is 0 Å². The van der Waals surface area contributed by atoms with Crippen LogP contribution in [0.1, 0.15) is 11.1 Å². The smallest absolute Gasteiger partial charge is 0.292 e. The molecule has 0 unspecified atom stereocenters. The Morgan fingerprint density at radius 2 is 2.06 bits per heavy atom. The molecule has 0 fully saturated rings. The van der Waals surface area contributed by atoms with Crippen LogP contribution in [0.5, 0.6) is 5.75 Å². The lowest BCUT2D eigenvalue weighted by atomic mass is 10.0. The molecule has 0 aliphatic rings. The zero-order valence-electron chi connectivity index (χ0n) is 9.57. The molecule has 0 atom stereocenters. The summed E-state index contributed by atoms with van der Waals surface area (Å²) in [6.45, 7) is 4.02. The molecule has 2 N–H and O–H groups in total. The van der Waals surface area contributed by atoms with Crippen molar-refractivity contribution in [2.45, 2.75) is 13.8 Å². The fourth-order valence-corrected chi connectivity index (χ4v) is 1.82. The molecule has 16 heavy (non-hydrogen) atoms. The summed E-state index contributed by atoms with van der Waals surface area (Å²) >= 11 is 0. The molecule has 0 aliphatic carbocycles. The minimum atomic E-state index is 0.163. The highest BCUT2D eigenvalue weighted by Gasteiger charge is 2.13. The summed E-state index contributed by atoms with van der Waals surface area (Å²) in [7, 11) is 1.64. The molecule has 0 bridgehead atoms. The number of methoxy groups -OCH3 is 1. The maximum absolute atomic E-state index is 5.46. The zero-order chi connectivity index (χ0) is 11.7. The highest BCUT2D eigenvalue weighted by atomic mass is 16.5. The van der Waals surface area contributed by atoms with Crippen molar-refractivity contribution in [3.63, 3.8) is 0 Å². The molecule has 4 nitrogen and oxygen atoms in total. The van der Waals surface area contributed by atoms with E-state index in [0.29, 0.717) is 5.76 Å². The van der Waals surface area contributed by atoms with Gasteiger partial charge in [0, 0.05) is 0 Å². The van der Waals surface area contributed by atoms with Gasteiger partial charge in [-0.15, -0.1) is 0 Å². The highest BCUT2D eigenvalue weighted by molar-refractivity contribution is 5.69. The minimum absolute atomic E-state index is 0.163. The first-order chi connectivity index (χ1) is 7.61. The Morgan fingerprint density at radius 3 is 2.62 bits per heavy atom. The summed E-state index contributed by atoms with van der Waals surface area (Å²) in [5, 5.41) is 0. The molecule has 2 aromatic rings. The number of nitrogens with zero attached hydrogens (tertiary/aromatic N) is 1. The maximum Gasteiger partial charge on any atom is 0.292 e. The van der Waals surface area contributed by atoms with Crippen molar-refractivity contribution in [1.29, 1.82) is 0 Å². The van der Waals surface area contributed by atoms with Crippen molar-refractivity contribution >= 4 is 6.01 Å². The van der Waals surface area contributed by atoms with Crippen LogP contribution in [-0.4, -0.2) is 12.1 Å². The monoisotopic (exact) mass is 218 g/mol. The molecule has 1 heterocycles. The first-order valence-electron chi connectivity index (χ1n) is 4.98.